The molecule has 1 atom stereocenters. The number of nitrogens with one attached hydrogen (secondary N) is 1. The summed E-state index contributed by atoms with van der Waals surface area (Å²) >= 11 is 3.08. The summed E-state index contributed by atoms with van der Waals surface area (Å²) in [5.41, 5.74) is 3.30. The number of hydrogen-bond donors (Lipinski definition) is 1. The number of aryl methyl sites for hydroxylation is 1. The highest BCUT2D eigenvalue weighted by atomic mass is 32.2. The quantitative estimate of drug-likeness (QED) is 0.323. The van der Waals surface area contributed by atoms with Crippen molar-refractivity contribution in [2.75, 3.05) is 5.75 Å². The summed E-state index contributed by atoms with van der Waals surface area (Å²) in [6.45, 7) is 5.01. The summed E-state index contributed by atoms with van der Waals surface area (Å²) in [7, 11) is 0. The number of carbonyl (C=O) groups is 1. The second-order valence-electron chi connectivity index (χ2n) is 7.54. The molecule has 0 aliphatic heterocycles. The van der Waals surface area contributed by atoms with Crippen molar-refractivity contribution < 1.29 is 4.79 Å². The number of amides is 1. The number of thioether (sulfide) groups is 1. The molecular weight excluding hydrogens is 436 g/mol. The molecule has 0 spiro atoms. The third-order valence-corrected chi connectivity index (χ3v) is 6.94. The van der Waals surface area contributed by atoms with Crippen LogP contribution in [0.5, 0.6) is 0 Å². The Balaban J connectivity index is 1.49. The van der Waals surface area contributed by atoms with Crippen LogP contribution in [0.15, 0.2) is 77.3 Å². The molecule has 2 heterocycles. The molecule has 0 aliphatic carbocycles. The number of benzene rings is 2. The van der Waals surface area contributed by atoms with Crippen molar-refractivity contribution in [3.63, 3.8) is 0 Å². The first-order chi connectivity index (χ1) is 15.7. The summed E-state index contributed by atoms with van der Waals surface area (Å²) in [4.78, 5) is 14.0. The lowest BCUT2D eigenvalue weighted by molar-refractivity contribution is -0.119. The molecule has 0 bridgehead atoms. The van der Waals surface area contributed by atoms with Crippen LogP contribution in [-0.4, -0.2) is 26.4 Å². The Labute approximate surface area is 196 Å². The first-order valence-electron chi connectivity index (χ1n) is 10.7. The Bertz CT molecular complexity index is 1160. The number of nitrogens with zero attached hydrogens (tertiary/aromatic N) is 3. The van der Waals surface area contributed by atoms with Crippen LogP contribution in [0.3, 0.4) is 0 Å². The Morgan fingerprint density at radius 1 is 1.09 bits per heavy atom. The summed E-state index contributed by atoms with van der Waals surface area (Å²) in [6.07, 6.45) is 0.963. The van der Waals surface area contributed by atoms with Crippen molar-refractivity contribution in [1.29, 1.82) is 0 Å². The van der Waals surface area contributed by atoms with E-state index in [1.807, 2.05) is 47.8 Å². The lowest BCUT2D eigenvalue weighted by Gasteiger charge is -2.18. The van der Waals surface area contributed by atoms with E-state index in [-0.39, 0.29) is 17.7 Å². The molecule has 1 N–H and O–H groups in total. The molecule has 7 heteroatoms. The predicted molar refractivity (Wildman–Crippen MR) is 132 cm³/mol. The van der Waals surface area contributed by atoms with Gasteiger partial charge in [0.15, 0.2) is 11.0 Å². The molecule has 4 rings (SSSR count). The zero-order valence-electron chi connectivity index (χ0n) is 18.2. The average Bonchev–Trinajstić information content (AvgIpc) is 3.47. The van der Waals surface area contributed by atoms with Gasteiger partial charge in [0.1, 0.15) is 0 Å². The van der Waals surface area contributed by atoms with Crippen molar-refractivity contribution in [2.24, 2.45) is 0 Å². The van der Waals surface area contributed by atoms with Crippen LogP contribution in [0, 0.1) is 6.92 Å². The average molecular weight is 463 g/mol. The molecule has 0 saturated heterocycles. The zero-order chi connectivity index (χ0) is 22.3. The van der Waals surface area contributed by atoms with Crippen LogP contribution in [0.4, 0.5) is 0 Å². The molecule has 1 amide bonds. The van der Waals surface area contributed by atoms with E-state index >= 15 is 0 Å². The van der Waals surface area contributed by atoms with Crippen LogP contribution in [0.1, 0.15) is 35.4 Å². The van der Waals surface area contributed by atoms with Gasteiger partial charge in [0.25, 0.3) is 0 Å². The smallest absolute Gasteiger partial charge is 0.231 e. The molecule has 0 saturated carbocycles. The SMILES string of the molecule is CCCn1c(SCC(=O)NC(c2ccccc2)c2cccs2)nnc1-c1cccc(C)c1. The highest BCUT2D eigenvalue weighted by molar-refractivity contribution is 7.99. The van der Waals surface area contributed by atoms with Gasteiger partial charge >= 0.3 is 0 Å². The molecule has 2 aromatic carbocycles. The van der Waals surface area contributed by atoms with Gasteiger partial charge in [-0.3, -0.25) is 4.79 Å². The van der Waals surface area contributed by atoms with Crippen molar-refractivity contribution in [3.8, 4) is 11.4 Å². The van der Waals surface area contributed by atoms with E-state index in [1.165, 1.54) is 17.3 Å². The third kappa shape index (κ3) is 5.29. The second kappa shape index (κ2) is 10.6. The van der Waals surface area contributed by atoms with Gasteiger partial charge in [-0.15, -0.1) is 21.5 Å². The summed E-state index contributed by atoms with van der Waals surface area (Å²) in [5.74, 6) is 1.10. The molecule has 164 valence electrons. The fourth-order valence-corrected chi connectivity index (χ4v) is 5.15. The topological polar surface area (TPSA) is 59.8 Å². The van der Waals surface area contributed by atoms with E-state index in [9.17, 15) is 4.79 Å². The Kier molecular flexibility index (Phi) is 7.39. The minimum absolute atomic E-state index is 0.0274. The molecule has 2 aromatic heterocycles. The van der Waals surface area contributed by atoms with E-state index in [2.05, 4.69) is 58.2 Å². The van der Waals surface area contributed by atoms with Crippen LogP contribution in [0.2, 0.25) is 0 Å². The van der Waals surface area contributed by atoms with Gasteiger partial charge in [-0.05, 0) is 36.4 Å². The highest BCUT2D eigenvalue weighted by Gasteiger charge is 2.19. The Morgan fingerprint density at radius 2 is 1.94 bits per heavy atom. The predicted octanol–water partition coefficient (Wildman–Crippen LogP) is 5.72. The maximum absolute atomic E-state index is 12.9. The van der Waals surface area contributed by atoms with Crippen molar-refractivity contribution >= 4 is 29.0 Å². The summed E-state index contributed by atoms with van der Waals surface area (Å²) in [6, 6.07) is 22.3. The number of carbonyl (C=O) groups excluding carboxylic acids is 1. The zero-order valence-corrected chi connectivity index (χ0v) is 19.8. The van der Waals surface area contributed by atoms with Crippen molar-refractivity contribution in [2.45, 2.75) is 38.0 Å². The Hall–Kier alpha value is -2.90. The number of aromatic nitrogens is 3. The first kappa shape index (κ1) is 22.3. The molecule has 0 fully saturated rings. The van der Waals surface area contributed by atoms with Gasteiger partial charge in [0.05, 0.1) is 11.8 Å². The molecular formula is C25H26N4OS2. The molecule has 4 aromatic rings. The minimum Gasteiger partial charge on any atom is -0.344 e. The van der Waals surface area contributed by atoms with Gasteiger partial charge in [0, 0.05) is 17.0 Å². The van der Waals surface area contributed by atoms with Crippen LogP contribution in [0.25, 0.3) is 11.4 Å². The number of thiophene rings is 1. The fourth-order valence-electron chi connectivity index (χ4n) is 3.57. The molecule has 0 radical (unpaired) electrons. The lowest BCUT2D eigenvalue weighted by Crippen LogP contribution is -2.30. The van der Waals surface area contributed by atoms with E-state index < -0.39 is 0 Å². The molecule has 5 nitrogen and oxygen atoms in total. The lowest BCUT2D eigenvalue weighted by atomic mass is 10.1. The van der Waals surface area contributed by atoms with Gasteiger partial charge < -0.3 is 9.88 Å². The van der Waals surface area contributed by atoms with Gasteiger partial charge in [-0.2, -0.15) is 0 Å². The summed E-state index contributed by atoms with van der Waals surface area (Å²) in [5, 5.41) is 14.8. The Morgan fingerprint density at radius 3 is 2.66 bits per heavy atom. The van der Waals surface area contributed by atoms with E-state index in [4.69, 9.17) is 0 Å². The first-order valence-corrected chi connectivity index (χ1v) is 12.5. The minimum atomic E-state index is -0.152. The van der Waals surface area contributed by atoms with Crippen LogP contribution in [-0.2, 0) is 11.3 Å². The largest absolute Gasteiger partial charge is 0.344 e. The number of rotatable bonds is 9. The molecule has 0 aliphatic rings. The monoisotopic (exact) mass is 462 g/mol. The van der Waals surface area contributed by atoms with Gasteiger partial charge in [0.2, 0.25) is 5.91 Å². The van der Waals surface area contributed by atoms with E-state index in [1.54, 1.807) is 11.3 Å². The standard InChI is InChI=1S/C25H26N4OS2/c1-3-14-29-24(20-12-7-9-18(2)16-20)27-28-25(29)32-17-22(30)26-23(21-13-8-15-31-21)19-10-5-4-6-11-19/h4-13,15-16,23H,3,14,17H2,1-2H3,(H,26,30). The van der Waals surface area contributed by atoms with Gasteiger partial charge in [-0.25, -0.2) is 0 Å². The molecule has 1 unspecified atom stereocenters. The van der Waals surface area contributed by atoms with Crippen molar-refractivity contribution in [1.82, 2.24) is 20.1 Å². The maximum Gasteiger partial charge on any atom is 0.231 e. The maximum atomic E-state index is 12.9. The van der Waals surface area contributed by atoms with Crippen LogP contribution >= 0.6 is 23.1 Å². The van der Waals surface area contributed by atoms with Crippen molar-refractivity contribution in [3.05, 3.63) is 88.1 Å². The fraction of sp³-hybridized carbons (Fsp3) is 0.240. The van der Waals surface area contributed by atoms with Gasteiger partial charge in [-0.1, -0.05) is 78.8 Å². The van der Waals surface area contributed by atoms with Crippen LogP contribution < -0.4 is 5.32 Å². The highest BCUT2D eigenvalue weighted by Crippen LogP contribution is 2.28. The number of hydrogen-bond acceptors (Lipinski definition) is 5. The second-order valence-corrected chi connectivity index (χ2v) is 9.46. The van der Waals surface area contributed by atoms with E-state index in [0.29, 0.717) is 0 Å². The van der Waals surface area contributed by atoms with E-state index in [0.717, 1.165) is 40.0 Å². The molecule has 32 heavy (non-hydrogen) atoms. The normalized spacial score (nSPS) is 11.9. The third-order valence-electron chi connectivity index (χ3n) is 5.04. The summed E-state index contributed by atoms with van der Waals surface area (Å²) < 4.78 is 2.11.